The Morgan fingerprint density at radius 1 is 1.12 bits per heavy atom. The van der Waals surface area contributed by atoms with E-state index in [2.05, 4.69) is 10.3 Å². The van der Waals surface area contributed by atoms with Gasteiger partial charge in [-0.15, -0.1) is 0 Å². The third-order valence-corrected chi connectivity index (χ3v) is 5.56. The van der Waals surface area contributed by atoms with E-state index in [0.717, 1.165) is 22.6 Å². The zero-order chi connectivity index (χ0) is 23.3. The highest BCUT2D eigenvalue weighted by molar-refractivity contribution is 7.99. The fourth-order valence-corrected chi connectivity index (χ4v) is 3.53. The van der Waals surface area contributed by atoms with Crippen molar-refractivity contribution in [3.05, 3.63) is 59.4 Å². The first-order chi connectivity index (χ1) is 15.4. The first-order valence-corrected chi connectivity index (χ1v) is 11.8. The third-order valence-electron chi connectivity index (χ3n) is 4.61. The summed E-state index contributed by atoms with van der Waals surface area (Å²) in [6.07, 6.45) is 5.56. The molecule has 0 aliphatic carbocycles. The molecule has 2 amide bonds. The van der Waals surface area contributed by atoms with Crippen LogP contribution in [0.3, 0.4) is 0 Å². The van der Waals surface area contributed by atoms with Crippen LogP contribution in [0, 0.1) is 5.92 Å². The molecule has 0 saturated carbocycles. The number of hydrogen-bond donors (Lipinski definition) is 1. The predicted octanol–water partition coefficient (Wildman–Crippen LogP) is 3.34. The summed E-state index contributed by atoms with van der Waals surface area (Å²) in [4.78, 5) is 38.3. The average Bonchev–Trinajstić information content (AvgIpc) is 2.77. The summed E-state index contributed by atoms with van der Waals surface area (Å²) in [6.45, 7) is 4.67. The van der Waals surface area contributed by atoms with Gasteiger partial charge in [0.25, 0.3) is 0 Å². The molecule has 0 aliphatic heterocycles. The summed E-state index contributed by atoms with van der Waals surface area (Å²) < 4.78 is 11.0. The van der Waals surface area contributed by atoms with Crippen LogP contribution in [0.5, 0.6) is 5.75 Å². The average molecular weight is 459 g/mol. The lowest BCUT2D eigenvalue weighted by molar-refractivity contribution is -0.145. The van der Waals surface area contributed by atoms with E-state index in [9.17, 15) is 14.4 Å². The Kier molecular flexibility index (Phi) is 10.7. The van der Waals surface area contributed by atoms with Crippen molar-refractivity contribution < 1.29 is 23.9 Å². The molecule has 0 radical (unpaired) electrons. The summed E-state index contributed by atoms with van der Waals surface area (Å²) in [7, 11) is 0. The molecular formula is C24H30N2O5S. The quantitative estimate of drug-likeness (QED) is 0.363. The van der Waals surface area contributed by atoms with Gasteiger partial charge >= 0.3 is 5.97 Å². The monoisotopic (exact) mass is 458 g/mol. The number of rotatable bonds is 13. The highest BCUT2D eigenvalue weighted by Gasteiger charge is 2.17. The number of benzene rings is 1. The van der Waals surface area contributed by atoms with Crippen molar-refractivity contribution in [1.29, 1.82) is 0 Å². The Bertz CT molecular complexity index is 869. The number of imide groups is 1. The lowest BCUT2D eigenvalue weighted by atomic mass is 10.1. The van der Waals surface area contributed by atoms with Crippen molar-refractivity contribution in [2.24, 2.45) is 5.92 Å². The molecule has 1 unspecified atom stereocenters. The molecule has 0 fully saturated rings. The van der Waals surface area contributed by atoms with Crippen LogP contribution in [0.2, 0.25) is 0 Å². The van der Waals surface area contributed by atoms with Crippen LogP contribution in [0.25, 0.3) is 0 Å². The molecule has 7 nitrogen and oxygen atoms in total. The Labute approximate surface area is 193 Å². The molecule has 32 heavy (non-hydrogen) atoms. The second kappa shape index (κ2) is 13.5. The van der Waals surface area contributed by atoms with Crippen LogP contribution < -0.4 is 10.1 Å². The number of amides is 2. The van der Waals surface area contributed by atoms with Gasteiger partial charge in [-0.2, -0.15) is 11.8 Å². The van der Waals surface area contributed by atoms with Crippen molar-refractivity contribution in [3.63, 3.8) is 0 Å². The van der Waals surface area contributed by atoms with Crippen molar-refractivity contribution >= 4 is 30.0 Å². The molecular weight excluding hydrogens is 428 g/mol. The molecule has 1 heterocycles. The molecule has 0 spiro atoms. The van der Waals surface area contributed by atoms with Crippen LogP contribution in [0.1, 0.15) is 37.1 Å². The van der Waals surface area contributed by atoms with E-state index in [4.69, 9.17) is 9.47 Å². The summed E-state index contributed by atoms with van der Waals surface area (Å²) in [5, 5.41) is 1.88. The van der Waals surface area contributed by atoms with Gasteiger partial charge in [0.15, 0.2) is 0 Å². The van der Waals surface area contributed by atoms with Gasteiger partial charge in [0.1, 0.15) is 12.4 Å². The van der Waals surface area contributed by atoms with Crippen LogP contribution >= 0.6 is 11.8 Å². The van der Waals surface area contributed by atoms with Gasteiger partial charge in [-0.25, -0.2) is 0 Å². The maximum absolute atomic E-state index is 11.8. The molecule has 1 N–H and O–H groups in total. The SMILES string of the molecule is CSC(Cc1ccc(OCCc2ccc(COC(=O)CC(C)C)cn2)cc1)C(=O)NC=O. The number of ether oxygens (including phenoxy) is 2. The number of pyridine rings is 1. The number of nitrogens with zero attached hydrogens (tertiary/aromatic N) is 1. The molecule has 2 rings (SSSR count). The topological polar surface area (TPSA) is 94.6 Å². The lowest BCUT2D eigenvalue weighted by Gasteiger charge is -2.13. The van der Waals surface area contributed by atoms with E-state index in [0.29, 0.717) is 32.3 Å². The normalized spacial score (nSPS) is 11.6. The minimum atomic E-state index is -0.320. The first kappa shape index (κ1) is 25.4. The number of esters is 1. The molecule has 1 aromatic carbocycles. The number of nitrogens with one attached hydrogen (secondary N) is 1. The Hall–Kier alpha value is -2.87. The van der Waals surface area contributed by atoms with Gasteiger partial charge in [-0.05, 0) is 42.4 Å². The van der Waals surface area contributed by atoms with Crippen molar-refractivity contribution in [1.82, 2.24) is 10.3 Å². The predicted molar refractivity (Wildman–Crippen MR) is 124 cm³/mol. The fourth-order valence-electron chi connectivity index (χ4n) is 2.89. The van der Waals surface area contributed by atoms with Crippen molar-refractivity contribution in [2.45, 2.75) is 45.0 Å². The minimum absolute atomic E-state index is 0.198. The van der Waals surface area contributed by atoms with E-state index in [-0.39, 0.29) is 29.7 Å². The van der Waals surface area contributed by atoms with Crippen LogP contribution in [0.15, 0.2) is 42.6 Å². The van der Waals surface area contributed by atoms with E-state index >= 15 is 0 Å². The highest BCUT2D eigenvalue weighted by Crippen LogP contribution is 2.18. The summed E-state index contributed by atoms with van der Waals surface area (Å²) >= 11 is 1.40. The molecule has 1 aromatic heterocycles. The van der Waals surface area contributed by atoms with E-state index in [1.165, 1.54) is 11.8 Å². The summed E-state index contributed by atoms with van der Waals surface area (Å²) in [6, 6.07) is 11.4. The number of carbonyl (C=O) groups is 3. The second-order valence-electron chi connectivity index (χ2n) is 7.71. The highest BCUT2D eigenvalue weighted by atomic mass is 32.2. The lowest BCUT2D eigenvalue weighted by Crippen LogP contribution is -2.32. The number of carbonyl (C=O) groups excluding carboxylic acids is 3. The number of hydrogen-bond acceptors (Lipinski definition) is 7. The molecule has 172 valence electrons. The molecule has 1 atom stereocenters. The van der Waals surface area contributed by atoms with E-state index in [1.54, 1.807) is 6.20 Å². The number of aromatic nitrogens is 1. The minimum Gasteiger partial charge on any atom is -0.493 e. The number of thioether (sulfide) groups is 1. The van der Waals surface area contributed by atoms with Crippen molar-refractivity contribution in [2.75, 3.05) is 12.9 Å². The standard InChI is InChI=1S/C24H30N2O5S/c1-17(2)12-23(28)31-15-19-4-7-20(25-14-19)10-11-30-21-8-5-18(6-9-21)13-22(32-3)24(29)26-16-27/h4-9,14,16-17,22H,10-13,15H2,1-3H3,(H,26,27,29). The van der Waals surface area contributed by atoms with Crippen LogP contribution in [0.4, 0.5) is 0 Å². The molecule has 0 saturated heterocycles. The first-order valence-electron chi connectivity index (χ1n) is 10.5. The Balaban J connectivity index is 1.75. The zero-order valence-electron chi connectivity index (χ0n) is 18.7. The second-order valence-corrected chi connectivity index (χ2v) is 8.75. The van der Waals surface area contributed by atoms with Gasteiger partial charge < -0.3 is 9.47 Å². The third kappa shape index (κ3) is 9.09. The molecule has 0 aliphatic rings. The maximum Gasteiger partial charge on any atom is 0.306 e. The Morgan fingerprint density at radius 3 is 2.44 bits per heavy atom. The van der Waals surface area contributed by atoms with Gasteiger partial charge in [0.05, 0.1) is 11.9 Å². The fraction of sp³-hybridized carbons (Fsp3) is 0.417. The van der Waals surface area contributed by atoms with E-state index in [1.807, 2.05) is 56.5 Å². The smallest absolute Gasteiger partial charge is 0.306 e. The molecule has 8 heteroatoms. The van der Waals surface area contributed by atoms with Crippen LogP contribution in [-0.2, 0) is 38.6 Å². The van der Waals surface area contributed by atoms with Gasteiger partial charge in [-0.1, -0.05) is 32.0 Å². The van der Waals surface area contributed by atoms with Gasteiger partial charge in [-0.3, -0.25) is 24.7 Å². The largest absolute Gasteiger partial charge is 0.493 e. The van der Waals surface area contributed by atoms with E-state index < -0.39 is 0 Å². The van der Waals surface area contributed by atoms with Gasteiger partial charge in [0, 0.05) is 30.3 Å². The summed E-state index contributed by atoms with van der Waals surface area (Å²) in [5.74, 6) is 0.526. The molecule has 2 aromatic rings. The maximum atomic E-state index is 11.8. The Morgan fingerprint density at radius 2 is 1.84 bits per heavy atom. The van der Waals surface area contributed by atoms with Crippen LogP contribution in [-0.4, -0.2) is 41.4 Å². The van der Waals surface area contributed by atoms with Crippen molar-refractivity contribution in [3.8, 4) is 5.75 Å². The van der Waals surface area contributed by atoms with Gasteiger partial charge in [0.2, 0.25) is 12.3 Å². The summed E-state index contributed by atoms with van der Waals surface area (Å²) in [5.41, 5.74) is 2.74. The molecule has 0 bridgehead atoms. The zero-order valence-corrected chi connectivity index (χ0v) is 19.5.